The van der Waals surface area contributed by atoms with Crippen LogP contribution >= 0.6 is 11.6 Å². The van der Waals surface area contributed by atoms with Gasteiger partial charge in [-0.15, -0.1) is 0 Å². The number of nitrogens with one attached hydrogen (secondary N) is 1. The van der Waals surface area contributed by atoms with Crippen molar-refractivity contribution in [1.82, 2.24) is 9.55 Å². The summed E-state index contributed by atoms with van der Waals surface area (Å²) in [5.41, 5.74) is -1.64. The summed E-state index contributed by atoms with van der Waals surface area (Å²) in [7, 11) is 0. The number of aromatic amines is 1. The standard InChI is InChI=1S/C12H8ClFN2O3/c1-6-9(10(13)17)11(18)16(12(19)15-6)8-4-2-7(14)3-5-8/h2-5H,1H3,(H,15,19). The van der Waals surface area contributed by atoms with E-state index in [0.717, 1.165) is 16.7 Å². The van der Waals surface area contributed by atoms with Crippen molar-refractivity contribution < 1.29 is 9.18 Å². The number of hydrogen-bond acceptors (Lipinski definition) is 3. The number of nitrogens with zero attached hydrogens (tertiary/aromatic N) is 1. The maximum atomic E-state index is 12.8. The van der Waals surface area contributed by atoms with Gasteiger partial charge in [-0.2, -0.15) is 0 Å². The molecule has 0 unspecified atom stereocenters. The second kappa shape index (κ2) is 4.81. The Labute approximate surface area is 111 Å². The van der Waals surface area contributed by atoms with Crippen molar-refractivity contribution in [1.29, 1.82) is 0 Å². The molecule has 0 aliphatic heterocycles. The minimum Gasteiger partial charge on any atom is -0.310 e. The Hall–Kier alpha value is -2.21. The Bertz CT molecular complexity index is 762. The molecule has 0 radical (unpaired) electrons. The molecule has 0 atom stereocenters. The molecule has 2 rings (SSSR count). The van der Waals surface area contributed by atoms with Crippen LogP contribution in [0.25, 0.3) is 5.69 Å². The smallest absolute Gasteiger partial charge is 0.310 e. The molecule has 0 saturated carbocycles. The predicted molar refractivity (Wildman–Crippen MR) is 67.5 cm³/mol. The Morgan fingerprint density at radius 3 is 2.37 bits per heavy atom. The highest BCUT2D eigenvalue weighted by atomic mass is 35.5. The summed E-state index contributed by atoms with van der Waals surface area (Å²) in [6.45, 7) is 1.40. The van der Waals surface area contributed by atoms with Crippen molar-refractivity contribution in [2.75, 3.05) is 0 Å². The minimum atomic E-state index is -0.963. The van der Waals surface area contributed by atoms with E-state index in [1.807, 2.05) is 0 Å². The van der Waals surface area contributed by atoms with E-state index in [4.69, 9.17) is 11.6 Å². The maximum absolute atomic E-state index is 12.8. The number of aromatic nitrogens is 2. The largest absolute Gasteiger partial charge is 0.333 e. The van der Waals surface area contributed by atoms with Gasteiger partial charge in [-0.1, -0.05) is 0 Å². The lowest BCUT2D eigenvalue weighted by atomic mass is 10.2. The SMILES string of the molecule is Cc1[nH]c(=O)n(-c2ccc(F)cc2)c(=O)c1C(=O)Cl. The number of hydrogen-bond donors (Lipinski definition) is 1. The lowest BCUT2D eigenvalue weighted by Gasteiger charge is -2.07. The van der Waals surface area contributed by atoms with Gasteiger partial charge in [0.2, 0.25) is 0 Å². The van der Waals surface area contributed by atoms with Gasteiger partial charge in [-0.05, 0) is 42.8 Å². The molecule has 0 aliphatic carbocycles. The maximum Gasteiger partial charge on any atom is 0.333 e. The lowest BCUT2D eigenvalue weighted by Crippen LogP contribution is -2.37. The molecule has 98 valence electrons. The van der Waals surface area contributed by atoms with Crippen LogP contribution in [0.5, 0.6) is 0 Å². The summed E-state index contributed by atoms with van der Waals surface area (Å²) < 4.78 is 13.6. The summed E-state index contributed by atoms with van der Waals surface area (Å²) in [4.78, 5) is 37.4. The summed E-state index contributed by atoms with van der Waals surface area (Å²) in [5, 5.41) is -0.963. The van der Waals surface area contributed by atoms with Crippen LogP contribution in [0.2, 0.25) is 0 Å². The third kappa shape index (κ3) is 2.34. The number of rotatable bonds is 2. The molecule has 0 spiro atoms. The lowest BCUT2D eigenvalue weighted by molar-refractivity contribution is 0.107. The Morgan fingerprint density at radius 2 is 1.84 bits per heavy atom. The highest BCUT2D eigenvalue weighted by Gasteiger charge is 2.17. The zero-order valence-electron chi connectivity index (χ0n) is 9.74. The summed E-state index contributed by atoms with van der Waals surface area (Å²) in [6.07, 6.45) is 0. The number of benzene rings is 1. The van der Waals surface area contributed by atoms with Gasteiger partial charge in [0.1, 0.15) is 11.4 Å². The number of aryl methyl sites for hydroxylation is 1. The molecule has 0 amide bonds. The normalized spacial score (nSPS) is 10.5. The van der Waals surface area contributed by atoms with E-state index < -0.39 is 22.3 Å². The summed E-state index contributed by atoms with van der Waals surface area (Å²) >= 11 is 5.32. The third-order valence-corrected chi connectivity index (χ3v) is 2.76. The van der Waals surface area contributed by atoms with E-state index in [9.17, 15) is 18.8 Å². The van der Waals surface area contributed by atoms with Gasteiger partial charge in [-0.25, -0.2) is 13.8 Å². The first-order valence-electron chi connectivity index (χ1n) is 5.23. The number of halogens is 2. The number of H-pyrrole nitrogens is 1. The molecule has 1 N–H and O–H groups in total. The molecule has 1 aromatic carbocycles. The molecule has 2 aromatic rings. The van der Waals surface area contributed by atoms with E-state index in [2.05, 4.69) is 4.98 Å². The van der Waals surface area contributed by atoms with Crippen molar-refractivity contribution in [3.8, 4) is 5.69 Å². The fourth-order valence-corrected chi connectivity index (χ4v) is 1.92. The van der Waals surface area contributed by atoms with Gasteiger partial charge in [0.15, 0.2) is 0 Å². The van der Waals surface area contributed by atoms with E-state index in [0.29, 0.717) is 0 Å². The van der Waals surface area contributed by atoms with Crippen LogP contribution in [-0.2, 0) is 0 Å². The van der Waals surface area contributed by atoms with E-state index in [1.54, 1.807) is 0 Å². The topological polar surface area (TPSA) is 71.9 Å². The fourth-order valence-electron chi connectivity index (χ4n) is 1.70. The molecule has 7 heteroatoms. The van der Waals surface area contributed by atoms with Gasteiger partial charge >= 0.3 is 5.69 Å². The minimum absolute atomic E-state index is 0.0911. The van der Waals surface area contributed by atoms with Crippen molar-refractivity contribution in [3.05, 3.63) is 62.2 Å². The van der Waals surface area contributed by atoms with Crippen LogP contribution in [0.3, 0.4) is 0 Å². The molecule has 0 fully saturated rings. The van der Waals surface area contributed by atoms with E-state index in [-0.39, 0.29) is 16.9 Å². The number of carbonyl (C=O) groups excluding carboxylic acids is 1. The van der Waals surface area contributed by atoms with Crippen LogP contribution in [0.1, 0.15) is 16.1 Å². The van der Waals surface area contributed by atoms with Gasteiger partial charge in [0.25, 0.3) is 10.8 Å². The second-order valence-corrected chi connectivity index (χ2v) is 4.16. The van der Waals surface area contributed by atoms with Crippen molar-refractivity contribution in [2.45, 2.75) is 6.92 Å². The molecular weight excluding hydrogens is 275 g/mol. The first-order valence-corrected chi connectivity index (χ1v) is 5.61. The summed E-state index contributed by atoms with van der Waals surface area (Å²) in [5.74, 6) is -0.506. The highest BCUT2D eigenvalue weighted by Crippen LogP contribution is 2.07. The van der Waals surface area contributed by atoms with Gasteiger partial charge < -0.3 is 4.98 Å². The van der Waals surface area contributed by atoms with Crippen molar-refractivity contribution in [2.24, 2.45) is 0 Å². The van der Waals surface area contributed by atoms with E-state index in [1.165, 1.54) is 19.1 Å². The summed E-state index contributed by atoms with van der Waals surface area (Å²) in [6, 6.07) is 4.71. The first kappa shape index (κ1) is 13.2. The van der Waals surface area contributed by atoms with E-state index >= 15 is 0 Å². The first-order chi connectivity index (χ1) is 8.91. The monoisotopic (exact) mass is 282 g/mol. The molecular formula is C12H8ClFN2O3. The Kier molecular flexibility index (Phi) is 3.35. The fraction of sp³-hybridized carbons (Fsp3) is 0.0833. The van der Waals surface area contributed by atoms with Crippen LogP contribution < -0.4 is 11.2 Å². The Balaban J connectivity index is 2.81. The molecule has 0 bridgehead atoms. The number of carbonyl (C=O) groups is 1. The average molecular weight is 283 g/mol. The van der Waals surface area contributed by atoms with Crippen molar-refractivity contribution in [3.63, 3.8) is 0 Å². The van der Waals surface area contributed by atoms with Crippen LogP contribution in [-0.4, -0.2) is 14.8 Å². The zero-order valence-corrected chi connectivity index (χ0v) is 10.5. The molecule has 1 heterocycles. The van der Waals surface area contributed by atoms with Gasteiger partial charge in [0.05, 0.1) is 5.69 Å². The van der Waals surface area contributed by atoms with Crippen molar-refractivity contribution >= 4 is 16.8 Å². The van der Waals surface area contributed by atoms with Gasteiger partial charge in [0, 0.05) is 5.69 Å². The quantitative estimate of drug-likeness (QED) is 0.845. The molecule has 19 heavy (non-hydrogen) atoms. The van der Waals surface area contributed by atoms with Gasteiger partial charge in [-0.3, -0.25) is 9.59 Å². The molecule has 5 nitrogen and oxygen atoms in total. The highest BCUT2D eigenvalue weighted by molar-refractivity contribution is 6.67. The van der Waals surface area contributed by atoms with Crippen LogP contribution in [0.15, 0.2) is 33.9 Å². The molecule has 0 aliphatic rings. The van der Waals surface area contributed by atoms with Crippen LogP contribution in [0.4, 0.5) is 4.39 Å². The Morgan fingerprint density at radius 1 is 1.26 bits per heavy atom. The molecule has 0 saturated heterocycles. The van der Waals surface area contributed by atoms with Crippen LogP contribution in [0, 0.1) is 12.7 Å². The molecule has 1 aromatic heterocycles. The predicted octanol–water partition coefficient (Wildman–Crippen LogP) is 1.35. The second-order valence-electron chi connectivity index (χ2n) is 3.82. The third-order valence-electron chi connectivity index (χ3n) is 2.57. The average Bonchev–Trinajstić information content (AvgIpc) is 2.30. The zero-order chi connectivity index (χ0) is 14.2.